The van der Waals surface area contributed by atoms with Crippen LogP contribution >= 0.6 is 11.6 Å². The molecule has 7 nitrogen and oxygen atoms in total. The molecule has 1 aliphatic rings. The van der Waals surface area contributed by atoms with E-state index >= 15 is 0 Å². The van der Waals surface area contributed by atoms with Crippen molar-refractivity contribution in [3.8, 4) is 11.3 Å². The van der Waals surface area contributed by atoms with Gasteiger partial charge < -0.3 is 15.2 Å². The Labute approximate surface area is 174 Å². The van der Waals surface area contributed by atoms with Crippen molar-refractivity contribution in [3.05, 3.63) is 63.5 Å². The second-order valence-electron chi connectivity index (χ2n) is 7.21. The average molecular weight is 415 g/mol. The molecule has 2 aromatic carbocycles. The van der Waals surface area contributed by atoms with Crippen molar-refractivity contribution in [1.29, 1.82) is 0 Å². The van der Waals surface area contributed by atoms with Crippen molar-refractivity contribution in [3.63, 3.8) is 0 Å². The molecule has 0 atom stereocenters. The summed E-state index contributed by atoms with van der Waals surface area (Å²) in [6, 6.07) is 12.0. The van der Waals surface area contributed by atoms with Gasteiger partial charge in [0.25, 0.3) is 5.52 Å². The fourth-order valence-corrected chi connectivity index (χ4v) is 3.84. The summed E-state index contributed by atoms with van der Waals surface area (Å²) < 4.78 is 6.73. The van der Waals surface area contributed by atoms with E-state index < -0.39 is 0 Å². The molecule has 3 aromatic rings. The molecular weight excluding hydrogens is 392 g/mol. The Morgan fingerprint density at radius 1 is 1.00 bits per heavy atom. The third kappa shape index (κ3) is 4.07. The molecule has 0 saturated carbocycles. The first-order valence-corrected chi connectivity index (χ1v) is 10.1. The zero-order valence-electron chi connectivity index (χ0n) is 16.0. The third-order valence-electron chi connectivity index (χ3n) is 5.30. The first-order chi connectivity index (χ1) is 14.0. The molecule has 4 rings (SSSR count). The van der Waals surface area contributed by atoms with Gasteiger partial charge in [0.1, 0.15) is 0 Å². The van der Waals surface area contributed by atoms with Crippen LogP contribution in [0.1, 0.15) is 12.0 Å². The lowest BCUT2D eigenvalue weighted by molar-refractivity contribution is -0.609. The Morgan fingerprint density at radius 2 is 1.72 bits per heavy atom. The summed E-state index contributed by atoms with van der Waals surface area (Å²) in [4.78, 5) is 2.38. The van der Waals surface area contributed by atoms with Gasteiger partial charge in [-0.25, -0.2) is 4.73 Å². The third-order valence-corrected chi connectivity index (χ3v) is 5.56. The van der Waals surface area contributed by atoms with Crippen LogP contribution < -0.4 is 15.2 Å². The van der Waals surface area contributed by atoms with Gasteiger partial charge in [-0.3, -0.25) is 10.6 Å². The van der Waals surface area contributed by atoms with Gasteiger partial charge in [0.15, 0.2) is 0 Å². The van der Waals surface area contributed by atoms with Crippen molar-refractivity contribution >= 4 is 28.5 Å². The molecular formula is C21H23ClN4O3. The van der Waals surface area contributed by atoms with Crippen LogP contribution in [0.5, 0.6) is 0 Å². The standard InChI is InChI=1S/C21H23ClN4O3/c22-17-6-4-16(5-7-17)20-21(23)26(28)18-8-3-15(14-19(18)25(20)27)2-1-9-24-10-12-29-13-11-24/h3-8,14H,1-2,9-13,23H2. The molecule has 1 aliphatic heterocycles. The lowest BCUT2D eigenvalue weighted by atomic mass is 10.1. The molecule has 0 unspecified atom stereocenters. The summed E-state index contributed by atoms with van der Waals surface area (Å²) >= 11 is 5.94. The highest BCUT2D eigenvalue weighted by molar-refractivity contribution is 6.30. The highest BCUT2D eigenvalue weighted by atomic mass is 35.5. The van der Waals surface area contributed by atoms with E-state index in [9.17, 15) is 10.4 Å². The lowest BCUT2D eigenvalue weighted by Crippen LogP contribution is -2.43. The number of morpholine rings is 1. The predicted octanol–water partition coefficient (Wildman–Crippen LogP) is 2.27. The normalized spacial score (nSPS) is 15.1. The summed E-state index contributed by atoms with van der Waals surface area (Å²) in [6.45, 7) is 4.46. The number of halogens is 1. The van der Waals surface area contributed by atoms with Crippen LogP contribution in [-0.2, 0) is 11.2 Å². The fraction of sp³-hybridized carbons (Fsp3) is 0.333. The minimum absolute atomic E-state index is 0.130. The Balaban J connectivity index is 1.63. The molecule has 0 aliphatic carbocycles. The number of nitrogens with two attached hydrogens (primary N) is 1. The number of anilines is 1. The zero-order chi connectivity index (χ0) is 20.4. The number of ether oxygens (including phenoxy) is 1. The van der Waals surface area contributed by atoms with Gasteiger partial charge in [-0.15, -0.1) is 0 Å². The van der Waals surface area contributed by atoms with Crippen molar-refractivity contribution in [2.75, 3.05) is 38.6 Å². The monoisotopic (exact) mass is 414 g/mol. The maximum absolute atomic E-state index is 13.1. The average Bonchev–Trinajstić information content (AvgIpc) is 2.74. The quantitative estimate of drug-likeness (QED) is 0.510. The number of fused-ring (bicyclic) bond motifs is 1. The molecule has 152 valence electrons. The Morgan fingerprint density at radius 3 is 2.45 bits per heavy atom. The van der Waals surface area contributed by atoms with Crippen molar-refractivity contribution < 1.29 is 14.2 Å². The van der Waals surface area contributed by atoms with E-state index in [1.165, 1.54) is 0 Å². The maximum atomic E-state index is 13.1. The van der Waals surface area contributed by atoms with Crippen LogP contribution in [-0.4, -0.2) is 37.7 Å². The summed E-state index contributed by atoms with van der Waals surface area (Å²) in [6.07, 6.45) is 1.80. The van der Waals surface area contributed by atoms with E-state index in [2.05, 4.69) is 4.90 Å². The fourth-order valence-electron chi connectivity index (χ4n) is 3.71. The van der Waals surface area contributed by atoms with E-state index in [-0.39, 0.29) is 17.0 Å². The van der Waals surface area contributed by atoms with Crippen molar-refractivity contribution in [2.24, 2.45) is 0 Å². The lowest BCUT2D eigenvalue weighted by Gasteiger charge is -2.26. The minimum atomic E-state index is -0.130. The van der Waals surface area contributed by atoms with Gasteiger partial charge >= 0.3 is 11.5 Å². The number of aryl methyl sites for hydroxylation is 1. The predicted molar refractivity (Wildman–Crippen MR) is 112 cm³/mol. The number of rotatable bonds is 5. The Kier molecular flexibility index (Phi) is 5.71. The smallest absolute Gasteiger partial charge is 0.351 e. The molecule has 2 N–H and O–H groups in total. The molecule has 0 amide bonds. The molecule has 0 bridgehead atoms. The van der Waals surface area contributed by atoms with E-state index in [1.54, 1.807) is 36.4 Å². The van der Waals surface area contributed by atoms with Gasteiger partial charge in [-0.1, -0.05) is 17.7 Å². The molecule has 29 heavy (non-hydrogen) atoms. The SMILES string of the molecule is Nc1c(-c2ccc(Cl)cc2)[n+]([O-])c2cc(CCCN3CCOCC3)ccc2[n+]1[O-]. The number of nitrogens with zero attached hydrogens (tertiary/aromatic N) is 3. The molecule has 0 spiro atoms. The summed E-state index contributed by atoms with van der Waals surface area (Å²) in [5, 5.41) is 26.3. The summed E-state index contributed by atoms with van der Waals surface area (Å²) in [5.74, 6) is -0.130. The number of hydrogen-bond acceptors (Lipinski definition) is 5. The van der Waals surface area contributed by atoms with E-state index in [4.69, 9.17) is 22.1 Å². The highest BCUT2D eigenvalue weighted by Gasteiger charge is 2.25. The van der Waals surface area contributed by atoms with Crippen LogP contribution in [0.2, 0.25) is 5.02 Å². The second-order valence-corrected chi connectivity index (χ2v) is 7.65. The van der Waals surface area contributed by atoms with Crippen molar-refractivity contribution in [2.45, 2.75) is 12.8 Å². The van der Waals surface area contributed by atoms with E-state index in [0.29, 0.717) is 20.8 Å². The van der Waals surface area contributed by atoms with Crippen LogP contribution in [0.25, 0.3) is 22.3 Å². The zero-order valence-corrected chi connectivity index (χ0v) is 16.8. The van der Waals surface area contributed by atoms with Gasteiger partial charge in [0.2, 0.25) is 5.52 Å². The van der Waals surface area contributed by atoms with Gasteiger partial charge in [-0.2, -0.15) is 4.73 Å². The van der Waals surface area contributed by atoms with Crippen LogP contribution in [0.4, 0.5) is 5.82 Å². The number of hydrogen-bond donors (Lipinski definition) is 1. The minimum Gasteiger partial charge on any atom is -0.710 e. The molecule has 1 fully saturated rings. The van der Waals surface area contributed by atoms with Crippen LogP contribution in [0, 0.1) is 10.4 Å². The van der Waals surface area contributed by atoms with Gasteiger partial charge in [-0.05, 0) is 55.3 Å². The second kappa shape index (κ2) is 8.41. The number of aromatic nitrogens is 2. The topological polar surface area (TPSA) is 92.4 Å². The molecule has 8 heteroatoms. The molecule has 1 saturated heterocycles. The molecule has 0 radical (unpaired) electrons. The van der Waals surface area contributed by atoms with E-state index in [1.807, 2.05) is 6.07 Å². The first kappa shape index (κ1) is 19.7. The Bertz CT molecular complexity index is 1020. The molecule has 1 aromatic heterocycles. The van der Waals surface area contributed by atoms with Crippen LogP contribution in [0.3, 0.4) is 0 Å². The van der Waals surface area contributed by atoms with Gasteiger partial charge in [0.05, 0.1) is 18.8 Å². The maximum Gasteiger partial charge on any atom is 0.351 e. The van der Waals surface area contributed by atoms with E-state index in [0.717, 1.165) is 56.0 Å². The summed E-state index contributed by atoms with van der Waals surface area (Å²) in [5.41, 5.74) is 8.26. The van der Waals surface area contributed by atoms with Gasteiger partial charge in [0, 0.05) is 24.2 Å². The van der Waals surface area contributed by atoms with Crippen LogP contribution in [0.15, 0.2) is 42.5 Å². The highest BCUT2D eigenvalue weighted by Crippen LogP contribution is 2.24. The first-order valence-electron chi connectivity index (χ1n) is 9.68. The molecule has 2 heterocycles. The van der Waals surface area contributed by atoms with Crippen molar-refractivity contribution in [1.82, 2.24) is 4.90 Å². The summed E-state index contributed by atoms with van der Waals surface area (Å²) in [7, 11) is 0. The largest absolute Gasteiger partial charge is 0.710 e. The number of nitrogen functional groups attached to an aromatic ring is 1. The Hall–Kier alpha value is -2.61. The number of benzene rings is 2.